The molecule has 1 aromatic heterocycles. The highest BCUT2D eigenvalue weighted by Gasteiger charge is 2.30. The molecule has 0 saturated heterocycles. The van der Waals surface area contributed by atoms with E-state index in [0.717, 1.165) is 19.2 Å². The molecule has 0 atom stereocenters. The number of rotatable bonds is 7. The first kappa shape index (κ1) is 27.9. The number of benzene rings is 3. The lowest BCUT2D eigenvalue weighted by molar-refractivity contribution is -0.138. The first-order chi connectivity index (χ1) is 18.1. The van der Waals surface area contributed by atoms with Gasteiger partial charge < -0.3 is 15.2 Å². The molecular formula is C27H22F4N4O3. The molecule has 11 heteroatoms. The van der Waals surface area contributed by atoms with Gasteiger partial charge in [-0.1, -0.05) is 18.2 Å². The minimum Gasteiger partial charge on any atom is -0.481 e. The number of allylic oxidation sites excluding steroid dienone is 1. The van der Waals surface area contributed by atoms with Gasteiger partial charge in [-0.3, -0.25) is 14.8 Å². The molecule has 1 heterocycles. The number of hydrogen-bond donors (Lipinski definition) is 3. The van der Waals surface area contributed by atoms with Gasteiger partial charge in [0.25, 0.3) is 0 Å². The van der Waals surface area contributed by atoms with E-state index in [-0.39, 0.29) is 28.8 Å². The van der Waals surface area contributed by atoms with E-state index in [0.29, 0.717) is 22.4 Å². The van der Waals surface area contributed by atoms with Crippen molar-refractivity contribution < 1.29 is 32.6 Å². The summed E-state index contributed by atoms with van der Waals surface area (Å²) in [6, 6.07) is 14.0. The average molecular weight is 526 g/mol. The number of nitrogens with zero attached hydrogens (tertiary/aromatic N) is 3. The van der Waals surface area contributed by atoms with E-state index < -0.39 is 23.5 Å². The van der Waals surface area contributed by atoms with E-state index in [4.69, 9.17) is 10.2 Å². The Hall–Kier alpha value is -4.64. The lowest BCUT2D eigenvalue weighted by Gasteiger charge is -2.05. The van der Waals surface area contributed by atoms with Crippen LogP contribution >= 0.6 is 0 Å². The van der Waals surface area contributed by atoms with Crippen molar-refractivity contribution in [2.75, 3.05) is 7.11 Å². The van der Waals surface area contributed by atoms with Crippen LogP contribution in [0.5, 0.6) is 0 Å². The predicted octanol–water partition coefficient (Wildman–Crippen LogP) is 6.07. The van der Waals surface area contributed by atoms with Crippen molar-refractivity contribution in [3.63, 3.8) is 0 Å². The Morgan fingerprint density at radius 1 is 1.08 bits per heavy atom. The van der Waals surface area contributed by atoms with Gasteiger partial charge in [0.1, 0.15) is 11.6 Å². The van der Waals surface area contributed by atoms with Crippen LogP contribution in [0.15, 0.2) is 76.8 Å². The Labute approximate surface area is 214 Å². The smallest absolute Gasteiger partial charge is 0.416 e. The fourth-order valence-corrected chi connectivity index (χ4v) is 3.50. The van der Waals surface area contributed by atoms with Gasteiger partial charge in [0.2, 0.25) is 0 Å². The lowest BCUT2D eigenvalue weighted by atomic mass is 10.0. The number of aromatic amines is 1. The van der Waals surface area contributed by atoms with Crippen LogP contribution in [0.1, 0.15) is 16.7 Å². The molecule has 7 nitrogen and oxygen atoms in total. The molecule has 0 saturated carbocycles. The van der Waals surface area contributed by atoms with Gasteiger partial charge in [0.15, 0.2) is 0 Å². The number of halogens is 4. The van der Waals surface area contributed by atoms with E-state index in [1.54, 1.807) is 30.3 Å². The van der Waals surface area contributed by atoms with Gasteiger partial charge in [0.05, 0.1) is 34.3 Å². The molecule has 0 amide bonds. The molecule has 0 radical (unpaired) electrons. The van der Waals surface area contributed by atoms with Crippen LogP contribution < -0.4 is 0 Å². The first-order valence-corrected chi connectivity index (χ1v) is 11.0. The molecule has 0 aliphatic rings. The summed E-state index contributed by atoms with van der Waals surface area (Å²) < 4.78 is 54.0. The fourth-order valence-electron chi connectivity index (χ4n) is 3.50. The number of aliphatic carboxylic acids is 1. The van der Waals surface area contributed by atoms with Crippen molar-refractivity contribution in [2.45, 2.75) is 12.6 Å². The quantitative estimate of drug-likeness (QED) is 0.201. The molecule has 196 valence electrons. The monoisotopic (exact) mass is 526 g/mol. The molecule has 4 rings (SSSR count). The topological polar surface area (TPSA) is 111 Å². The summed E-state index contributed by atoms with van der Waals surface area (Å²) in [5.41, 5.74) is 1.74. The molecule has 0 unspecified atom stereocenters. The zero-order chi connectivity index (χ0) is 27.9. The summed E-state index contributed by atoms with van der Waals surface area (Å²) in [5, 5.41) is 15.9. The van der Waals surface area contributed by atoms with Crippen LogP contribution in [0.25, 0.3) is 28.0 Å². The van der Waals surface area contributed by atoms with Gasteiger partial charge in [-0.15, -0.1) is 0 Å². The zero-order valence-corrected chi connectivity index (χ0v) is 20.0. The van der Waals surface area contributed by atoms with Gasteiger partial charge in [-0.25, -0.2) is 9.37 Å². The number of aromatic nitrogens is 2. The molecule has 0 aliphatic carbocycles. The number of aliphatic imine (C=N–C) groups is 2. The molecule has 38 heavy (non-hydrogen) atoms. The maximum Gasteiger partial charge on any atom is 0.416 e. The second kappa shape index (κ2) is 12.1. The largest absolute Gasteiger partial charge is 0.481 e. The Morgan fingerprint density at radius 2 is 1.79 bits per heavy atom. The summed E-state index contributed by atoms with van der Waals surface area (Å²) in [4.78, 5) is 25.8. The molecule has 0 spiro atoms. The zero-order valence-electron chi connectivity index (χ0n) is 20.0. The molecule has 0 fully saturated rings. The number of alkyl halides is 3. The lowest BCUT2D eigenvalue weighted by Crippen LogP contribution is -2.04. The summed E-state index contributed by atoms with van der Waals surface area (Å²) >= 11 is 0. The third kappa shape index (κ3) is 6.77. The summed E-state index contributed by atoms with van der Waals surface area (Å²) in [6.45, 7) is 3.42. The van der Waals surface area contributed by atoms with Crippen LogP contribution in [-0.2, 0) is 17.4 Å². The fraction of sp³-hybridized carbons (Fsp3) is 0.111. The Bertz CT molecular complexity index is 1510. The van der Waals surface area contributed by atoms with Gasteiger partial charge >= 0.3 is 12.1 Å². The number of hydrogen-bond acceptors (Lipinski definition) is 5. The SMILES string of the molecule is C=N/C=C(\C=Nc1ccc(CC(=O)O)cc1)c1ccc(-c2nc3ccc(C(F)(F)F)cc3[nH]2)c(F)c1.CO. The minimum atomic E-state index is -4.50. The molecule has 0 bridgehead atoms. The molecule has 4 aromatic rings. The first-order valence-electron chi connectivity index (χ1n) is 11.0. The molecular weight excluding hydrogens is 504 g/mol. The number of carbonyl (C=O) groups is 1. The predicted molar refractivity (Wildman–Crippen MR) is 138 cm³/mol. The van der Waals surface area contributed by atoms with E-state index in [2.05, 4.69) is 26.7 Å². The van der Waals surface area contributed by atoms with Crippen molar-refractivity contribution in [1.82, 2.24) is 9.97 Å². The molecule has 3 aromatic carbocycles. The van der Waals surface area contributed by atoms with E-state index in [1.807, 2.05) is 0 Å². The number of aliphatic hydroxyl groups excluding tert-OH is 1. The van der Waals surface area contributed by atoms with E-state index in [9.17, 15) is 18.0 Å². The second-order valence-corrected chi connectivity index (χ2v) is 7.77. The highest BCUT2D eigenvalue weighted by Crippen LogP contribution is 2.32. The number of H-pyrrole nitrogens is 1. The van der Waals surface area contributed by atoms with Crippen molar-refractivity contribution >= 4 is 41.2 Å². The van der Waals surface area contributed by atoms with Crippen molar-refractivity contribution in [3.05, 3.63) is 89.4 Å². The van der Waals surface area contributed by atoms with Gasteiger partial charge in [-0.2, -0.15) is 13.2 Å². The van der Waals surface area contributed by atoms with Crippen molar-refractivity contribution in [3.8, 4) is 11.4 Å². The van der Waals surface area contributed by atoms with Crippen LogP contribution in [0, 0.1) is 5.82 Å². The number of fused-ring (bicyclic) bond motifs is 1. The Balaban J connectivity index is 0.00000195. The Kier molecular flexibility index (Phi) is 8.87. The summed E-state index contributed by atoms with van der Waals surface area (Å²) in [6.07, 6.45) is -1.74. The number of imidazole rings is 1. The van der Waals surface area contributed by atoms with Crippen LogP contribution in [0.2, 0.25) is 0 Å². The van der Waals surface area contributed by atoms with E-state index >= 15 is 4.39 Å². The number of carboxylic acids is 1. The standard InChI is InChI=1S/C26H18F4N4O2.CH4O/c1-31-13-17(14-32-19-6-2-15(3-7-19)10-24(35)36)16-4-8-20(21(27)11-16)25-33-22-9-5-18(26(28,29)30)12-23(22)34-25;1-2/h2-9,11-14H,1,10H2,(H,33,34)(H,35,36);2H,1H3/b17-13+,32-14?;. The molecule has 0 aliphatic heterocycles. The average Bonchev–Trinajstić information content (AvgIpc) is 3.31. The maximum absolute atomic E-state index is 15.0. The third-order valence-electron chi connectivity index (χ3n) is 5.24. The third-order valence-corrected chi connectivity index (χ3v) is 5.24. The second-order valence-electron chi connectivity index (χ2n) is 7.77. The summed E-state index contributed by atoms with van der Waals surface area (Å²) in [5.74, 6) is -1.49. The Morgan fingerprint density at radius 3 is 2.39 bits per heavy atom. The van der Waals surface area contributed by atoms with Gasteiger partial charge in [0, 0.05) is 25.1 Å². The van der Waals surface area contributed by atoms with Crippen molar-refractivity contribution in [2.24, 2.45) is 9.98 Å². The molecule has 3 N–H and O–H groups in total. The minimum absolute atomic E-state index is 0.0837. The van der Waals surface area contributed by atoms with Crippen LogP contribution in [0.3, 0.4) is 0 Å². The number of aliphatic hydroxyl groups is 1. The van der Waals surface area contributed by atoms with Crippen LogP contribution in [-0.4, -0.2) is 46.2 Å². The number of nitrogens with one attached hydrogen (secondary N) is 1. The maximum atomic E-state index is 15.0. The summed E-state index contributed by atoms with van der Waals surface area (Å²) in [7, 11) is 1.00. The van der Waals surface area contributed by atoms with Crippen LogP contribution in [0.4, 0.5) is 23.2 Å². The highest BCUT2D eigenvalue weighted by atomic mass is 19.4. The normalized spacial score (nSPS) is 11.9. The van der Waals surface area contributed by atoms with Gasteiger partial charge in [-0.05, 0) is 60.3 Å². The number of carboxylic acid groups (broad SMARTS) is 1. The van der Waals surface area contributed by atoms with Crippen molar-refractivity contribution in [1.29, 1.82) is 0 Å². The van der Waals surface area contributed by atoms with E-state index in [1.165, 1.54) is 30.6 Å². The highest BCUT2D eigenvalue weighted by molar-refractivity contribution is 6.10.